The highest BCUT2D eigenvalue weighted by molar-refractivity contribution is 5.85. The van der Waals surface area contributed by atoms with E-state index in [1.807, 2.05) is 12.1 Å². The third-order valence-electron chi connectivity index (χ3n) is 3.26. The molecule has 1 aliphatic rings. The van der Waals surface area contributed by atoms with Gasteiger partial charge in [0.25, 0.3) is 0 Å². The Balaban J connectivity index is 2.10. The fourth-order valence-corrected chi connectivity index (χ4v) is 2.23. The van der Waals surface area contributed by atoms with Gasteiger partial charge in [0.15, 0.2) is 0 Å². The maximum absolute atomic E-state index is 11.8. The second-order valence-corrected chi connectivity index (χ2v) is 4.49. The first kappa shape index (κ1) is 12.0. The molecule has 1 unspecified atom stereocenters. The summed E-state index contributed by atoms with van der Waals surface area (Å²) in [6.45, 7) is 2.94. The lowest BCUT2D eigenvalue weighted by atomic mass is 10.1. The van der Waals surface area contributed by atoms with Crippen LogP contribution in [0.2, 0.25) is 0 Å². The van der Waals surface area contributed by atoms with Crippen LogP contribution >= 0.6 is 0 Å². The molecule has 3 heteroatoms. The summed E-state index contributed by atoms with van der Waals surface area (Å²) in [4.78, 5) is 11.8. The molecule has 2 rings (SSSR count). The summed E-state index contributed by atoms with van der Waals surface area (Å²) in [7, 11) is 0. The topological polar surface area (TPSA) is 41.1 Å². The molecule has 92 valence electrons. The van der Waals surface area contributed by atoms with Gasteiger partial charge in [-0.05, 0) is 37.3 Å². The lowest BCUT2D eigenvalue weighted by Crippen LogP contribution is -2.38. The van der Waals surface area contributed by atoms with Gasteiger partial charge in [-0.2, -0.15) is 0 Å². The monoisotopic (exact) mass is 232 g/mol. The summed E-state index contributed by atoms with van der Waals surface area (Å²) >= 11 is 0. The second-order valence-electron chi connectivity index (χ2n) is 4.49. The average Bonchev–Trinajstić information content (AvgIpc) is 2.56. The van der Waals surface area contributed by atoms with Crippen molar-refractivity contribution in [3.05, 3.63) is 29.8 Å². The smallest absolute Gasteiger partial charge is 0.242 e. The van der Waals surface area contributed by atoms with Crippen molar-refractivity contribution in [1.29, 1.82) is 0 Å². The summed E-state index contributed by atoms with van der Waals surface area (Å²) < 4.78 is 0. The summed E-state index contributed by atoms with van der Waals surface area (Å²) in [6, 6.07) is 8.13. The number of amides is 1. The fourth-order valence-electron chi connectivity index (χ4n) is 2.23. The van der Waals surface area contributed by atoms with E-state index in [4.69, 9.17) is 0 Å². The van der Waals surface area contributed by atoms with Gasteiger partial charge >= 0.3 is 0 Å². The average molecular weight is 232 g/mol. The molecule has 2 N–H and O–H groups in total. The Morgan fingerprint density at radius 2 is 2.18 bits per heavy atom. The predicted molar refractivity (Wildman–Crippen MR) is 70.1 cm³/mol. The van der Waals surface area contributed by atoms with E-state index < -0.39 is 0 Å². The molecule has 1 aromatic carbocycles. The molecule has 3 nitrogen and oxygen atoms in total. The number of anilines is 1. The summed E-state index contributed by atoms with van der Waals surface area (Å²) in [6.07, 6.45) is 4.09. The van der Waals surface area contributed by atoms with E-state index in [0.29, 0.717) is 0 Å². The summed E-state index contributed by atoms with van der Waals surface area (Å²) in [5, 5.41) is 6.33. The first-order valence-corrected chi connectivity index (χ1v) is 6.43. The highest BCUT2D eigenvalue weighted by Crippen LogP contribution is 2.18. The number of aryl methyl sites for hydroxylation is 1. The minimum Gasteiger partial charge on any atom is -0.373 e. The highest BCUT2D eigenvalue weighted by atomic mass is 16.2. The Kier molecular flexibility index (Phi) is 4.02. The van der Waals surface area contributed by atoms with Crippen LogP contribution in [0.25, 0.3) is 0 Å². The molecule has 1 fully saturated rings. The zero-order valence-corrected chi connectivity index (χ0v) is 10.3. The molecule has 0 spiro atoms. The van der Waals surface area contributed by atoms with Crippen LogP contribution in [0.3, 0.4) is 0 Å². The van der Waals surface area contributed by atoms with Crippen molar-refractivity contribution in [3.63, 3.8) is 0 Å². The predicted octanol–water partition coefficient (Wildman–Crippen LogP) is 2.33. The molecule has 1 heterocycles. The summed E-state index contributed by atoms with van der Waals surface area (Å²) in [5.74, 6) is 0.133. The Bertz CT molecular complexity index is 390. The van der Waals surface area contributed by atoms with Crippen molar-refractivity contribution < 1.29 is 4.79 Å². The lowest BCUT2D eigenvalue weighted by molar-refractivity contribution is -0.121. The van der Waals surface area contributed by atoms with Gasteiger partial charge in [-0.25, -0.2) is 0 Å². The van der Waals surface area contributed by atoms with Gasteiger partial charge < -0.3 is 10.6 Å². The van der Waals surface area contributed by atoms with Crippen molar-refractivity contribution in [3.8, 4) is 0 Å². The molecule has 0 radical (unpaired) electrons. The van der Waals surface area contributed by atoms with Crippen LogP contribution in [0.1, 0.15) is 31.7 Å². The quantitative estimate of drug-likeness (QED) is 0.839. The molecule has 0 saturated carbocycles. The van der Waals surface area contributed by atoms with Gasteiger partial charge in [-0.1, -0.05) is 25.1 Å². The van der Waals surface area contributed by atoms with Crippen molar-refractivity contribution in [1.82, 2.24) is 5.32 Å². The SMILES string of the molecule is CCc1ccccc1NC1CCCCNC1=O. The maximum atomic E-state index is 11.8. The third-order valence-corrected chi connectivity index (χ3v) is 3.26. The van der Waals surface area contributed by atoms with Gasteiger partial charge in [0.1, 0.15) is 6.04 Å². The van der Waals surface area contributed by atoms with Crippen LogP contribution < -0.4 is 10.6 Å². The zero-order valence-electron chi connectivity index (χ0n) is 10.3. The second kappa shape index (κ2) is 5.71. The first-order chi connectivity index (χ1) is 8.31. The highest BCUT2D eigenvalue weighted by Gasteiger charge is 2.20. The lowest BCUT2D eigenvalue weighted by Gasteiger charge is -2.18. The standard InChI is InChI=1S/C14H20N2O/c1-2-11-7-3-4-8-12(11)16-13-9-5-6-10-15-14(13)17/h3-4,7-8,13,16H,2,5-6,9-10H2,1H3,(H,15,17). The Hall–Kier alpha value is -1.51. The minimum atomic E-state index is -0.0785. The molecular weight excluding hydrogens is 212 g/mol. The van der Waals surface area contributed by atoms with E-state index >= 15 is 0 Å². The molecule has 17 heavy (non-hydrogen) atoms. The molecule has 1 saturated heterocycles. The van der Waals surface area contributed by atoms with Crippen molar-refractivity contribution in [2.24, 2.45) is 0 Å². The molecule has 0 aliphatic carbocycles. The third kappa shape index (κ3) is 2.99. The van der Waals surface area contributed by atoms with Crippen LogP contribution in [0.4, 0.5) is 5.69 Å². The minimum absolute atomic E-state index is 0.0785. The number of hydrogen-bond acceptors (Lipinski definition) is 2. The number of nitrogens with one attached hydrogen (secondary N) is 2. The zero-order chi connectivity index (χ0) is 12.1. The van der Waals surface area contributed by atoms with Crippen LogP contribution in [0.15, 0.2) is 24.3 Å². The van der Waals surface area contributed by atoms with Gasteiger partial charge in [0.05, 0.1) is 0 Å². The van der Waals surface area contributed by atoms with Crippen molar-refractivity contribution >= 4 is 11.6 Å². The van der Waals surface area contributed by atoms with Gasteiger partial charge in [0.2, 0.25) is 5.91 Å². The number of carbonyl (C=O) groups excluding carboxylic acids is 1. The van der Waals surface area contributed by atoms with E-state index in [9.17, 15) is 4.79 Å². The van der Waals surface area contributed by atoms with Crippen LogP contribution in [0.5, 0.6) is 0 Å². The van der Waals surface area contributed by atoms with Gasteiger partial charge in [0, 0.05) is 12.2 Å². The number of benzene rings is 1. The van der Waals surface area contributed by atoms with Gasteiger partial charge in [-0.15, -0.1) is 0 Å². The Morgan fingerprint density at radius 3 is 3.00 bits per heavy atom. The van der Waals surface area contributed by atoms with Crippen LogP contribution in [0, 0.1) is 0 Å². The van der Waals surface area contributed by atoms with E-state index in [1.54, 1.807) is 0 Å². The number of carbonyl (C=O) groups is 1. The fraction of sp³-hybridized carbons (Fsp3) is 0.500. The number of hydrogen-bond donors (Lipinski definition) is 2. The van der Waals surface area contributed by atoms with Crippen molar-refractivity contribution in [2.75, 3.05) is 11.9 Å². The number of rotatable bonds is 3. The van der Waals surface area contributed by atoms with E-state index in [2.05, 4.69) is 29.7 Å². The molecule has 1 aromatic rings. The Morgan fingerprint density at radius 1 is 1.35 bits per heavy atom. The first-order valence-electron chi connectivity index (χ1n) is 6.43. The van der Waals surface area contributed by atoms with Gasteiger partial charge in [-0.3, -0.25) is 4.79 Å². The Labute approximate surface area is 103 Å². The molecule has 0 aromatic heterocycles. The van der Waals surface area contributed by atoms with Crippen LogP contribution in [-0.2, 0) is 11.2 Å². The molecule has 1 atom stereocenters. The van der Waals surface area contributed by atoms with Crippen molar-refractivity contribution in [2.45, 2.75) is 38.6 Å². The molecule has 0 bridgehead atoms. The van der Waals surface area contributed by atoms with E-state index in [-0.39, 0.29) is 11.9 Å². The van der Waals surface area contributed by atoms with E-state index in [0.717, 1.165) is 37.9 Å². The van der Waals surface area contributed by atoms with Crippen LogP contribution in [-0.4, -0.2) is 18.5 Å². The molecular formula is C14H20N2O. The number of para-hydroxylation sites is 1. The molecule has 1 amide bonds. The summed E-state index contributed by atoms with van der Waals surface area (Å²) in [5.41, 5.74) is 2.36. The van der Waals surface area contributed by atoms with E-state index in [1.165, 1.54) is 5.56 Å². The largest absolute Gasteiger partial charge is 0.373 e. The maximum Gasteiger partial charge on any atom is 0.242 e. The normalized spacial score (nSPS) is 20.5. The molecule has 1 aliphatic heterocycles.